The summed E-state index contributed by atoms with van der Waals surface area (Å²) in [7, 11) is 0. The highest BCUT2D eigenvalue weighted by Crippen LogP contribution is 2.57. The number of nitrogens with zero attached hydrogens (tertiary/aromatic N) is 2. The van der Waals surface area contributed by atoms with Crippen molar-refractivity contribution >= 4 is 44.9 Å². The predicted octanol–water partition coefficient (Wildman–Crippen LogP) is 15.6. The number of rotatable bonds is 6. The molecule has 0 saturated heterocycles. The molecular weight excluding hydrogens is 701 g/mol. The van der Waals surface area contributed by atoms with Crippen LogP contribution in [0.4, 0.5) is 34.1 Å². The maximum absolute atomic E-state index is 2.45. The summed E-state index contributed by atoms with van der Waals surface area (Å²) < 4.78 is 0. The zero-order valence-corrected chi connectivity index (χ0v) is 34.9. The molecule has 0 aliphatic heterocycles. The number of hydrogen-bond acceptors (Lipinski definition) is 2. The molecule has 0 spiro atoms. The lowest BCUT2D eigenvalue weighted by molar-refractivity contribution is 0.660. The molecule has 0 fully saturated rings. The van der Waals surface area contributed by atoms with Gasteiger partial charge in [-0.25, -0.2) is 0 Å². The Morgan fingerprint density at radius 1 is 0.293 bits per heavy atom. The van der Waals surface area contributed by atoms with Crippen molar-refractivity contribution < 1.29 is 0 Å². The summed E-state index contributed by atoms with van der Waals surface area (Å²) in [6.45, 7) is 18.2. The Labute approximate surface area is 344 Å². The van der Waals surface area contributed by atoms with Gasteiger partial charge in [0.05, 0.1) is 0 Å². The zero-order valence-electron chi connectivity index (χ0n) is 34.9. The van der Waals surface area contributed by atoms with E-state index in [-0.39, 0.29) is 10.8 Å². The van der Waals surface area contributed by atoms with Crippen LogP contribution < -0.4 is 9.80 Å². The third kappa shape index (κ3) is 5.53. The van der Waals surface area contributed by atoms with E-state index in [4.69, 9.17) is 0 Å². The summed E-state index contributed by atoms with van der Waals surface area (Å²) >= 11 is 0. The Morgan fingerprint density at radius 3 is 0.862 bits per heavy atom. The fourth-order valence-electron chi connectivity index (χ4n) is 9.80. The van der Waals surface area contributed by atoms with Gasteiger partial charge in [0.2, 0.25) is 0 Å². The molecule has 0 N–H and O–H groups in total. The summed E-state index contributed by atoms with van der Waals surface area (Å²) in [5.74, 6) is 0. The van der Waals surface area contributed by atoms with Crippen molar-refractivity contribution in [2.75, 3.05) is 9.80 Å². The molecule has 2 nitrogen and oxygen atoms in total. The van der Waals surface area contributed by atoms with Crippen LogP contribution in [-0.2, 0) is 10.8 Å². The van der Waals surface area contributed by atoms with E-state index in [9.17, 15) is 0 Å². The minimum absolute atomic E-state index is 0.165. The Kier molecular flexibility index (Phi) is 8.12. The van der Waals surface area contributed by atoms with E-state index < -0.39 is 0 Å². The number of aryl methyl sites for hydroxylation is 4. The van der Waals surface area contributed by atoms with Gasteiger partial charge in [-0.2, -0.15) is 0 Å². The standard InChI is InChI=1S/C56H50N2/c1-35-9-17-39(18-10-35)57(40-19-11-36(2)12-20-40)43-25-27-47-51(33-43)55(5,6)49-31-29-46-45(53(47)49)30-32-50-54(46)48-28-26-44(34-52(48)56(50,7)8)58(41-21-13-37(3)14-22-41)42-23-15-38(4)16-24-42/h9-34H,1-8H3. The molecule has 58 heavy (non-hydrogen) atoms. The highest BCUT2D eigenvalue weighted by atomic mass is 15.1. The van der Waals surface area contributed by atoms with Gasteiger partial charge in [-0.15, -0.1) is 0 Å². The van der Waals surface area contributed by atoms with Gasteiger partial charge in [0.25, 0.3) is 0 Å². The Balaban J connectivity index is 1.11. The maximum atomic E-state index is 2.45. The van der Waals surface area contributed by atoms with Gasteiger partial charge in [-0.05, 0) is 156 Å². The molecule has 2 aliphatic carbocycles. The Hall–Kier alpha value is -6.38. The number of benzene rings is 8. The average Bonchev–Trinajstić information content (AvgIpc) is 3.60. The minimum Gasteiger partial charge on any atom is -0.310 e. The van der Waals surface area contributed by atoms with Crippen molar-refractivity contribution in [2.24, 2.45) is 0 Å². The Morgan fingerprint density at radius 2 is 0.569 bits per heavy atom. The molecule has 0 radical (unpaired) electrons. The van der Waals surface area contributed by atoms with Crippen molar-refractivity contribution in [3.8, 4) is 22.3 Å². The molecule has 0 heterocycles. The van der Waals surface area contributed by atoms with Crippen LogP contribution in [0.2, 0.25) is 0 Å². The largest absolute Gasteiger partial charge is 0.310 e. The first-order chi connectivity index (χ1) is 27.9. The lowest BCUT2D eigenvalue weighted by atomic mass is 9.80. The van der Waals surface area contributed by atoms with Gasteiger partial charge >= 0.3 is 0 Å². The van der Waals surface area contributed by atoms with E-state index in [0.29, 0.717) is 0 Å². The second-order valence-electron chi connectivity index (χ2n) is 17.8. The zero-order chi connectivity index (χ0) is 40.1. The van der Waals surface area contributed by atoms with Crippen molar-refractivity contribution in [1.29, 1.82) is 0 Å². The molecular formula is C56H50N2. The number of anilines is 6. The third-order valence-corrected chi connectivity index (χ3v) is 13.1. The monoisotopic (exact) mass is 750 g/mol. The molecule has 0 unspecified atom stereocenters. The van der Waals surface area contributed by atoms with Gasteiger partial charge in [0, 0.05) is 45.0 Å². The molecule has 0 amide bonds. The van der Waals surface area contributed by atoms with Crippen LogP contribution in [0.1, 0.15) is 72.2 Å². The topological polar surface area (TPSA) is 6.48 Å². The van der Waals surface area contributed by atoms with Crippen LogP contribution in [0.3, 0.4) is 0 Å². The highest BCUT2D eigenvalue weighted by molar-refractivity contribution is 6.11. The van der Waals surface area contributed by atoms with Crippen LogP contribution in [-0.4, -0.2) is 0 Å². The lowest BCUT2D eigenvalue weighted by Crippen LogP contribution is -2.17. The highest BCUT2D eigenvalue weighted by Gasteiger charge is 2.40. The molecule has 284 valence electrons. The van der Waals surface area contributed by atoms with Crippen molar-refractivity contribution in [2.45, 2.75) is 66.2 Å². The van der Waals surface area contributed by atoms with Gasteiger partial charge in [0.15, 0.2) is 0 Å². The first kappa shape index (κ1) is 36.0. The fourth-order valence-corrected chi connectivity index (χ4v) is 9.80. The molecule has 8 aromatic rings. The van der Waals surface area contributed by atoms with E-state index in [1.807, 2.05) is 0 Å². The molecule has 0 atom stereocenters. The van der Waals surface area contributed by atoms with Crippen molar-refractivity contribution in [1.82, 2.24) is 0 Å². The van der Waals surface area contributed by atoms with Gasteiger partial charge in [-0.1, -0.05) is 135 Å². The lowest BCUT2D eigenvalue weighted by Gasteiger charge is -2.28. The van der Waals surface area contributed by atoms with Crippen molar-refractivity contribution in [3.05, 3.63) is 202 Å². The molecule has 2 aliphatic rings. The summed E-state index contributed by atoms with van der Waals surface area (Å²) in [5.41, 5.74) is 22.6. The molecule has 10 rings (SSSR count). The normalized spacial score (nSPS) is 14.1. The van der Waals surface area contributed by atoms with Gasteiger partial charge in [-0.3, -0.25) is 0 Å². The number of hydrogen-bond donors (Lipinski definition) is 0. The van der Waals surface area contributed by atoms with Crippen LogP contribution >= 0.6 is 0 Å². The summed E-state index contributed by atoms with van der Waals surface area (Å²) in [6, 6.07) is 59.5. The van der Waals surface area contributed by atoms with Gasteiger partial charge in [0.1, 0.15) is 0 Å². The minimum atomic E-state index is -0.165. The summed E-state index contributed by atoms with van der Waals surface area (Å²) in [5, 5.41) is 2.66. The first-order valence-corrected chi connectivity index (χ1v) is 20.7. The van der Waals surface area contributed by atoms with E-state index in [1.165, 1.54) is 88.9 Å². The molecule has 0 bridgehead atoms. The van der Waals surface area contributed by atoms with E-state index in [2.05, 4.69) is 223 Å². The number of fused-ring (bicyclic) bond motifs is 9. The quantitative estimate of drug-likeness (QED) is 0.167. The Bertz CT molecular complexity index is 2600. The van der Waals surface area contributed by atoms with E-state index >= 15 is 0 Å². The third-order valence-electron chi connectivity index (χ3n) is 13.1. The fraction of sp³-hybridized carbons (Fsp3) is 0.179. The first-order valence-electron chi connectivity index (χ1n) is 20.7. The molecule has 8 aromatic carbocycles. The second kappa shape index (κ2) is 13.1. The van der Waals surface area contributed by atoms with Crippen molar-refractivity contribution in [3.63, 3.8) is 0 Å². The molecule has 2 heteroatoms. The average molecular weight is 751 g/mol. The van der Waals surface area contributed by atoms with Gasteiger partial charge < -0.3 is 9.80 Å². The summed E-state index contributed by atoms with van der Waals surface area (Å²) in [6.07, 6.45) is 0. The molecule has 0 aromatic heterocycles. The van der Waals surface area contributed by atoms with E-state index in [0.717, 1.165) is 22.7 Å². The molecule has 0 saturated carbocycles. The van der Waals surface area contributed by atoms with Crippen LogP contribution in [0, 0.1) is 27.7 Å². The second-order valence-corrected chi connectivity index (χ2v) is 17.8. The smallest absolute Gasteiger partial charge is 0.0465 e. The van der Waals surface area contributed by atoms with Crippen LogP contribution in [0.5, 0.6) is 0 Å². The van der Waals surface area contributed by atoms with E-state index in [1.54, 1.807) is 0 Å². The van der Waals surface area contributed by atoms with Crippen LogP contribution in [0.15, 0.2) is 158 Å². The summed E-state index contributed by atoms with van der Waals surface area (Å²) in [4.78, 5) is 4.80. The predicted molar refractivity (Wildman–Crippen MR) is 247 cm³/mol. The maximum Gasteiger partial charge on any atom is 0.0465 e. The van der Waals surface area contributed by atoms with Crippen LogP contribution in [0.25, 0.3) is 33.0 Å². The SMILES string of the molecule is Cc1ccc(N(c2ccc(C)cc2)c2ccc3c(c2)C(C)(C)c2ccc4c5c(ccc4c2-3)C(C)(C)c2cc(N(c3ccc(C)cc3)c3ccc(C)cc3)ccc2-5)cc1.